The number of benzene rings is 2. The van der Waals surface area contributed by atoms with Crippen LogP contribution in [-0.4, -0.2) is 39.0 Å². The van der Waals surface area contributed by atoms with Gasteiger partial charge in [0.2, 0.25) is 10.0 Å². The lowest BCUT2D eigenvalue weighted by Crippen LogP contribution is -2.42. The van der Waals surface area contributed by atoms with Gasteiger partial charge >= 0.3 is 0 Å². The Bertz CT molecular complexity index is 840. The van der Waals surface area contributed by atoms with Crippen LogP contribution in [0, 0.1) is 5.92 Å². The summed E-state index contributed by atoms with van der Waals surface area (Å²) in [6, 6.07) is 16.6. The van der Waals surface area contributed by atoms with Gasteiger partial charge in [0.05, 0.1) is 12.0 Å². The van der Waals surface area contributed by atoms with Crippen molar-refractivity contribution in [2.24, 2.45) is 11.7 Å². The van der Waals surface area contributed by atoms with Crippen LogP contribution in [0.4, 0.5) is 0 Å². The first kappa shape index (κ1) is 23.4. The van der Waals surface area contributed by atoms with E-state index in [9.17, 15) is 8.42 Å². The number of rotatable bonds is 12. The SMILES string of the molecule is CCCCCN(C[C@@H](C)[C@@H](N)Cc1ccccc1)S(=O)(=O)c1cccc(OC)c1. The largest absolute Gasteiger partial charge is 0.497 e. The van der Waals surface area contributed by atoms with Crippen LogP contribution in [0.3, 0.4) is 0 Å². The van der Waals surface area contributed by atoms with Gasteiger partial charge in [-0.2, -0.15) is 4.31 Å². The van der Waals surface area contributed by atoms with E-state index in [4.69, 9.17) is 10.5 Å². The molecule has 6 heteroatoms. The fourth-order valence-corrected chi connectivity index (χ4v) is 4.92. The Balaban J connectivity index is 2.17. The first-order valence-corrected chi connectivity index (χ1v) is 11.8. The van der Waals surface area contributed by atoms with Gasteiger partial charge in [-0.3, -0.25) is 0 Å². The molecule has 0 saturated carbocycles. The maximum absolute atomic E-state index is 13.3. The molecular formula is C23H34N2O3S. The second-order valence-electron chi connectivity index (χ2n) is 7.58. The predicted octanol–water partition coefficient (Wildman–Crippen LogP) is 4.08. The van der Waals surface area contributed by atoms with Gasteiger partial charge in [-0.05, 0) is 36.5 Å². The summed E-state index contributed by atoms with van der Waals surface area (Å²) >= 11 is 0. The first-order chi connectivity index (χ1) is 13.9. The minimum absolute atomic E-state index is 0.0252. The smallest absolute Gasteiger partial charge is 0.243 e. The highest BCUT2D eigenvalue weighted by Gasteiger charge is 2.28. The molecule has 0 heterocycles. The molecule has 0 aromatic heterocycles. The van der Waals surface area contributed by atoms with Crippen molar-refractivity contribution < 1.29 is 13.2 Å². The molecule has 0 radical (unpaired) electrons. The third kappa shape index (κ3) is 6.84. The van der Waals surface area contributed by atoms with Crippen molar-refractivity contribution in [3.05, 3.63) is 60.2 Å². The number of sulfonamides is 1. The van der Waals surface area contributed by atoms with Crippen molar-refractivity contribution in [2.45, 2.75) is 50.5 Å². The van der Waals surface area contributed by atoms with Crippen molar-refractivity contribution in [1.29, 1.82) is 0 Å². The minimum atomic E-state index is -3.62. The van der Waals surface area contributed by atoms with Crippen molar-refractivity contribution >= 4 is 10.0 Å². The molecule has 2 aromatic rings. The van der Waals surface area contributed by atoms with Gasteiger partial charge in [0.25, 0.3) is 0 Å². The van der Waals surface area contributed by atoms with Gasteiger partial charge in [-0.1, -0.05) is 63.1 Å². The van der Waals surface area contributed by atoms with Crippen molar-refractivity contribution in [3.8, 4) is 5.75 Å². The normalized spacial score (nSPS) is 14.0. The molecule has 0 fully saturated rings. The highest BCUT2D eigenvalue weighted by Crippen LogP contribution is 2.23. The summed E-state index contributed by atoms with van der Waals surface area (Å²) in [6.07, 6.45) is 3.59. The minimum Gasteiger partial charge on any atom is -0.497 e. The zero-order valence-electron chi connectivity index (χ0n) is 17.8. The third-order valence-electron chi connectivity index (χ3n) is 5.23. The number of methoxy groups -OCH3 is 1. The van der Waals surface area contributed by atoms with E-state index >= 15 is 0 Å². The Morgan fingerprint density at radius 3 is 2.45 bits per heavy atom. The molecule has 0 amide bonds. The molecule has 0 aliphatic carbocycles. The average molecular weight is 419 g/mol. The van der Waals surface area contributed by atoms with E-state index in [-0.39, 0.29) is 16.9 Å². The molecule has 0 aliphatic heterocycles. The lowest BCUT2D eigenvalue weighted by Gasteiger charge is -2.28. The fraction of sp³-hybridized carbons (Fsp3) is 0.478. The summed E-state index contributed by atoms with van der Waals surface area (Å²) in [4.78, 5) is 0.261. The maximum atomic E-state index is 13.3. The Kier molecular flexibility index (Phi) is 9.14. The van der Waals surface area contributed by atoms with Crippen LogP contribution in [0.15, 0.2) is 59.5 Å². The third-order valence-corrected chi connectivity index (χ3v) is 7.09. The Morgan fingerprint density at radius 1 is 1.07 bits per heavy atom. The van der Waals surface area contributed by atoms with Crippen LogP contribution in [0.1, 0.15) is 38.7 Å². The van der Waals surface area contributed by atoms with E-state index in [1.807, 2.05) is 25.1 Å². The van der Waals surface area contributed by atoms with Crippen molar-refractivity contribution in [2.75, 3.05) is 20.2 Å². The molecule has 0 unspecified atom stereocenters. The van der Waals surface area contributed by atoms with Crippen LogP contribution in [0.5, 0.6) is 5.75 Å². The Morgan fingerprint density at radius 2 is 1.79 bits per heavy atom. The van der Waals surface area contributed by atoms with Gasteiger partial charge in [0.1, 0.15) is 5.75 Å². The number of hydrogen-bond donors (Lipinski definition) is 1. The van der Waals surface area contributed by atoms with E-state index in [2.05, 4.69) is 19.1 Å². The number of nitrogens with two attached hydrogens (primary N) is 1. The summed E-state index contributed by atoms with van der Waals surface area (Å²) < 4.78 is 33.5. The number of hydrogen-bond acceptors (Lipinski definition) is 4. The lowest BCUT2D eigenvalue weighted by molar-refractivity contribution is 0.316. The Hall–Kier alpha value is -1.89. The monoisotopic (exact) mass is 418 g/mol. The van der Waals surface area contributed by atoms with Gasteiger partial charge in [0, 0.05) is 25.2 Å². The topological polar surface area (TPSA) is 72.6 Å². The van der Waals surface area contributed by atoms with Crippen LogP contribution in [-0.2, 0) is 16.4 Å². The van der Waals surface area contributed by atoms with Gasteiger partial charge in [0.15, 0.2) is 0 Å². The standard InChI is InChI=1S/C23H34N2O3S/c1-4-5-9-15-25(29(26,27)22-14-10-13-21(17-22)28-3)18-19(2)23(24)16-20-11-7-6-8-12-20/h6-8,10-14,17,19,23H,4-5,9,15-16,18,24H2,1-3H3/t19-,23+/m1/s1. The summed E-state index contributed by atoms with van der Waals surface area (Å²) in [6.45, 7) is 5.04. The van der Waals surface area contributed by atoms with E-state index in [1.165, 1.54) is 12.7 Å². The molecule has 160 valence electrons. The lowest BCUT2D eigenvalue weighted by atomic mass is 9.95. The predicted molar refractivity (Wildman–Crippen MR) is 119 cm³/mol. The molecule has 0 spiro atoms. The quantitative estimate of drug-likeness (QED) is 0.527. The highest BCUT2D eigenvalue weighted by molar-refractivity contribution is 7.89. The number of nitrogens with zero attached hydrogens (tertiary/aromatic N) is 1. The second kappa shape index (κ2) is 11.3. The molecule has 2 rings (SSSR count). The summed E-state index contributed by atoms with van der Waals surface area (Å²) in [7, 11) is -2.08. The van der Waals surface area contributed by atoms with Crippen molar-refractivity contribution in [3.63, 3.8) is 0 Å². The summed E-state index contributed by atoms with van der Waals surface area (Å²) in [5.74, 6) is 0.561. The van der Waals surface area contributed by atoms with E-state index in [0.29, 0.717) is 18.8 Å². The van der Waals surface area contributed by atoms with Crippen LogP contribution < -0.4 is 10.5 Å². The van der Waals surface area contributed by atoms with E-state index in [1.54, 1.807) is 28.6 Å². The number of unbranched alkanes of at least 4 members (excludes halogenated alkanes) is 2. The first-order valence-electron chi connectivity index (χ1n) is 10.3. The zero-order chi connectivity index (χ0) is 21.3. The molecular weight excluding hydrogens is 384 g/mol. The fourth-order valence-electron chi connectivity index (χ4n) is 3.30. The van der Waals surface area contributed by atoms with Crippen LogP contribution >= 0.6 is 0 Å². The maximum Gasteiger partial charge on any atom is 0.243 e. The molecule has 0 aliphatic rings. The second-order valence-corrected chi connectivity index (χ2v) is 9.52. The summed E-state index contributed by atoms with van der Waals surface area (Å²) in [5, 5.41) is 0. The Labute approximate surface area is 175 Å². The average Bonchev–Trinajstić information content (AvgIpc) is 2.73. The summed E-state index contributed by atoms with van der Waals surface area (Å²) in [5.41, 5.74) is 7.61. The van der Waals surface area contributed by atoms with Gasteiger partial charge in [-0.25, -0.2) is 8.42 Å². The molecule has 0 bridgehead atoms. The molecule has 2 aromatic carbocycles. The molecule has 5 nitrogen and oxygen atoms in total. The molecule has 2 N–H and O–H groups in total. The van der Waals surface area contributed by atoms with Gasteiger partial charge < -0.3 is 10.5 Å². The van der Waals surface area contributed by atoms with Crippen LogP contribution in [0.2, 0.25) is 0 Å². The van der Waals surface area contributed by atoms with Crippen LogP contribution in [0.25, 0.3) is 0 Å². The van der Waals surface area contributed by atoms with E-state index < -0.39 is 10.0 Å². The van der Waals surface area contributed by atoms with E-state index in [0.717, 1.165) is 25.7 Å². The van der Waals surface area contributed by atoms with Crippen molar-refractivity contribution in [1.82, 2.24) is 4.31 Å². The van der Waals surface area contributed by atoms with Gasteiger partial charge in [-0.15, -0.1) is 0 Å². The number of ether oxygens (including phenoxy) is 1. The molecule has 2 atom stereocenters. The highest BCUT2D eigenvalue weighted by atomic mass is 32.2. The molecule has 0 saturated heterocycles. The zero-order valence-corrected chi connectivity index (χ0v) is 18.6. The molecule has 29 heavy (non-hydrogen) atoms.